The summed E-state index contributed by atoms with van der Waals surface area (Å²) in [4.78, 5) is 16.1. The summed E-state index contributed by atoms with van der Waals surface area (Å²) in [7, 11) is 0. The summed E-state index contributed by atoms with van der Waals surface area (Å²) in [5.74, 6) is 1.39. The molecule has 3 aromatic rings. The van der Waals surface area contributed by atoms with Gasteiger partial charge in [-0.25, -0.2) is 0 Å². The van der Waals surface area contributed by atoms with E-state index in [2.05, 4.69) is 31.7 Å². The summed E-state index contributed by atoms with van der Waals surface area (Å²) in [5, 5.41) is 10.0. The van der Waals surface area contributed by atoms with Crippen LogP contribution in [0.15, 0.2) is 46.9 Å². The summed E-state index contributed by atoms with van der Waals surface area (Å²) >= 11 is 0. The van der Waals surface area contributed by atoms with Crippen molar-refractivity contribution in [2.75, 3.05) is 26.2 Å². The smallest absolute Gasteiger partial charge is 0.197 e. The van der Waals surface area contributed by atoms with Gasteiger partial charge in [-0.3, -0.25) is 4.79 Å². The minimum Gasteiger partial charge on any atom is -0.494 e. The van der Waals surface area contributed by atoms with Crippen molar-refractivity contribution in [3.8, 4) is 11.8 Å². The van der Waals surface area contributed by atoms with Gasteiger partial charge in [0, 0.05) is 23.9 Å². The molecule has 0 bridgehead atoms. The van der Waals surface area contributed by atoms with Gasteiger partial charge in [-0.15, -0.1) is 0 Å². The average Bonchev–Trinajstić information content (AvgIpc) is 3.28. The molecular weight excluding hydrogens is 448 g/mol. The maximum absolute atomic E-state index is 13.5. The van der Waals surface area contributed by atoms with Gasteiger partial charge in [-0.2, -0.15) is 5.26 Å². The van der Waals surface area contributed by atoms with Crippen LogP contribution in [0.25, 0.3) is 11.0 Å². The van der Waals surface area contributed by atoms with E-state index in [1.165, 1.54) is 25.7 Å². The molecular formula is C31H40N2O3. The van der Waals surface area contributed by atoms with Gasteiger partial charge in [-0.05, 0) is 81.2 Å². The minimum absolute atomic E-state index is 0.0796. The molecule has 0 aliphatic carbocycles. The maximum Gasteiger partial charge on any atom is 0.197 e. The number of aryl methyl sites for hydroxylation is 1. The number of nitrogens with zero attached hydrogens (tertiary/aromatic N) is 2. The third-order valence-electron chi connectivity index (χ3n) is 6.53. The molecule has 1 heterocycles. The van der Waals surface area contributed by atoms with Gasteiger partial charge in [0.25, 0.3) is 0 Å². The summed E-state index contributed by atoms with van der Waals surface area (Å²) in [6.45, 7) is 10.6. The molecule has 0 radical (unpaired) electrons. The fraction of sp³-hybridized carbons (Fsp3) is 0.484. The molecule has 0 saturated carbocycles. The Morgan fingerprint density at radius 1 is 0.917 bits per heavy atom. The lowest BCUT2D eigenvalue weighted by molar-refractivity contribution is 0.103. The van der Waals surface area contributed by atoms with Crippen molar-refractivity contribution < 1.29 is 13.9 Å². The fourth-order valence-corrected chi connectivity index (χ4v) is 4.40. The average molecular weight is 489 g/mol. The zero-order chi connectivity index (χ0) is 25.8. The predicted octanol–water partition coefficient (Wildman–Crippen LogP) is 7.55. The van der Waals surface area contributed by atoms with Crippen LogP contribution in [0, 0.1) is 11.3 Å². The number of hydrogen-bond donors (Lipinski definition) is 0. The van der Waals surface area contributed by atoms with Crippen molar-refractivity contribution in [3.05, 3.63) is 64.9 Å². The largest absolute Gasteiger partial charge is 0.494 e. The standard InChI is InChI=1S/C31H40N2O3/c1-4-7-11-29-30(27-22-24(23-32)12-17-28(27)36-29)31(34)25-13-15-26(16-14-25)35-21-10-20-33(18-8-5-2)19-9-6-3/h12-17,22H,4-11,18-21H2,1-3H3. The molecule has 0 unspecified atom stereocenters. The van der Waals surface area contributed by atoms with Crippen LogP contribution in [0.2, 0.25) is 0 Å². The van der Waals surface area contributed by atoms with E-state index in [4.69, 9.17) is 9.15 Å². The maximum atomic E-state index is 13.5. The molecule has 5 nitrogen and oxygen atoms in total. The summed E-state index contributed by atoms with van der Waals surface area (Å²) < 4.78 is 12.0. The van der Waals surface area contributed by atoms with E-state index in [-0.39, 0.29) is 5.78 Å². The number of unbranched alkanes of at least 4 members (excludes halogenated alkanes) is 3. The molecule has 0 spiro atoms. The highest BCUT2D eigenvalue weighted by Crippen LogP contribution is 2.30. The first kappa shape index (κ1) is 27.5. The highest BCUT2D eigenvalue weighted by atomic mass is 16.5. The number of furan rings is 1. The third kappa shape index (κ3) is 7.45. The number of hydrogen-bond acceptors (Lipinski definition) is 5. The summed E-state index contributed by atoms with van der Waals surface area (Å²) in [6.07, 6.45) is 8.55. The summed E-state index contributed by atoms with van der Waals surface area (Å²) in [5.41, 5.74) is 2.33. The van der Waals surface area contributed by atoms with Crippen LogP contribution >= 0.6 is 0 Å². The van der Waals surface area contributed by atoms with Crippen LogP contribution in [-0.2, 0) is 6.42 Å². The molecule has 192 valence electrons. The van der Waals surface area contributed by atoms with E-state index in [9.17, 15) is 10.1 Å². The Labute approximate surface area is 216 Å². The molecule has 0 saturated heterocycles. The second-order valence-electron chi connectivity index (χ2n) is 9.43. The van der Waals surface area contributed by atoms with E-state index in [0.29, 0.717) is 46.4 Å². The van der Waals surface area contributed by atoms with Crippen LogP contribution in [-0.4, -0.2) is 36.9 Å². The Hall–Kier alpha value is -3.10. The van der Waals surface area contributed by atoms with Gasteiger partial charge in [0.05, 0.1) is 23.8 Å². The number of ketones is 1. The number of ether oxygens (including phenoxy) is 1. The topological polar surface area (TPSA) is 66.5 Å². The predicted molar refractivity (Wildman–Crippen MR) is 146 cm³/mol. The van der Waals surface area contributed by atoms with Crippen LogP contribution in [0.3, 0.4) is 0 Å². The van der Waals surface area contributed by atoms with Crippen molar-refractivity contribution in [1.82, 2.24) is 4.90 Å². The van der Waals surface area contributed by atoms with Gasteiger partial charge < -0.3 is 14.1 Å². The Kier molecular flexibility index (Phi) is 11.0. The molecule has 1 aromatic heterocycles. The molecule has 0 atom stereocenters. The van der Waals surface area contributed by atoms with Gasteiger partial charge in [0.2, 0.25) is 0 Å². The van der Waals surface area contributed by atoms with Crippen molar-refractivity contribution >= 4 is 16.8 Å². The molecule has 3 rings (SSSR count). The zero-order valence-corrected chi connectivity index (χ0v) is 22.1. The Morgan fingerprint density at radius 2 is 1.58 bits per heavy atom. The number of rotatable bonds is 16. The minimum atomic E-state index is -0.0796. The van der Waals surface area contributed by atoms with Crippen molar-refractivity contribution in [2.45, 2.75) is 72.1 Å². The lowest BCUT2D eigenvalue weighted by Crippen LogP contribution is -2.28. The van der Waals surface area contributed by atoms with Crippen LogP contribution in [0.5, 0.6) is 5.75 Å². The van der Waals surface area contributed by atoms with Gasteiger partial charge in [0.1, 0.15) is 17.1 Å². The molecule has 0 N–H and O–H groups in total. The number of nitriles is 1. The molecule has 0 fully saturated rings. The first-order chi connectivity index (χ1) is 17.6. The lowest BCUT2D eigenvalue weighted by Gasteiger charge is -2.21. The van der Waals surface area contributed by atoms with E-state index in [1.807, 2.05) is 24.3 Å². The van der Waals surface area contributed by atoms with Crippen molar-refractivity contribution in [3.63, 3.8) is 0 Å². The zero-order valence-electron chi connectivity index (χ0n) is 22.1. The highest BCUT2D eigenvalue weighted by Gasteiger charge is 2.22. The van der Waals surface area contributed by atoms with Gasteiger partial charge in [-0.1, -0.05) is 40.0 Å². The molecule has 36 heavy (non-hydrogen) atoms. The highest BCUT2D eigenvalue weighted by molar-refractivity contribution is 6.17. The number of benzene rings is 2. The Morgan fingerprint density at radius 3 is 2.22 bits per heavy atom. The fourth-order valence-electron chi connectivity index (χ4n) is 4.40. The van der Waals surface area contributed by atoms with Crippen LogP contribution < -0.4 is 4.74 Å². The quantitative estimate of drug-likeness (QED) is 0.154. The molecule has 0 aliphatic rings. The Balaban J connectivity index is 1.66. The van der Waals surface area contributed by atoms with Crippen LogP contribution in [0.1, 0.15) is 93.0 Å². The molecule has 5 heteroatoms. The lowest BCUT2D eigenvalue weighted by atomic mass is 9.97. The Bertz CT molecular complexity index is 1130. The first-order valence-electron chi connectivity index (χ1n) is 13.6. The monoisotopic (exact) mass is 488 g/mol. The normalized spacial score (nSPS) is 11.2. The molecule has 0 amide bonds. The molecule has 2 aromatic carbocycles. The van der Waals surface area contributed by atoms with Gasteiger partial charge >= 0.3 is 0 Å². The SMILES string of the molecule is CCCCc1oc2ccc(C#N)cc2c1C(=O)c1ccc(OCCCN(CCCC)CCCC)cc1. The van der Waals surface area contributed by atoms with Gasteiger partial charge in [0.15, 0.2) is 5.78 Å². The third-order valence-corrected chi connectivity index (χ3v) is 6.53. The number of fused-ring (bicyclic) bond motifs is 1. The number of carbonyl (C=O) groups is 1. The first-order valence-corrected chi connectivity index (χ1v) is 13.6. The van der Waals surface area contributed by atoms with E-state index >= 15 is 0 Å². The van der Waals surface area contributed by atoms with Crippen LogP contribution in [0.4, 0.5) is 0 Å². The second-order valence-corrected chi connectivity index (χ2v) is 9.43. The van der Waals surface area contributed by atoms with E-state index in [0.717, 1.165) is 44.6 Å². The number of carbonyl (C=O) groups excluding carboxylic acids is 1. The van der Waals surface area contributed by atoms with E-state index < -0.39 is 0 Å². The molecule has 0 aliphatic heterocycles. The van der Waals surface area contributed by atoms with E-state index in [1.54, 1.807) is 18.2 Å². The summed E-state index contributed by atoms with van der Waals surface area (Å²) in [6, 6.07) is 14.8. The van der Waals surface area contributed by atoms with Crippen molar-refractivity contribution in [1.29, 1.82) is 5.26 Å². The second kappa shape index (κ2) is 14.5. The van der Waals surface area contributed by atoms with Crippen molar-refractivity contribution in [2.24, 2.45) is 0 Å².